The van der Waals surface area contributed by atoms with Crippen molar-refractivity contribution in [1.29, 1.82) is 0 Å². The first-order valence-electron chi connectivity index (χ1n) is 9.02. The Morgan fingerprint density at radius 2 is 2.09 bits per heavy atom. The fraction of sp³-hybridized carbons (Fsp3) is 0.882. The summed E-state index contributed by atoms with van der Waals surface area (Å²) in [5.41, 5.74) is 0. The van der Waals surface area contributed by atoms with Crippen LogP contribution in [0.4, 0.5) is 0 Å². The molecule has 0 aromatic heterocycles. The average molecular weight is 323 g/mol. The van der Waals surface area contributed by atoms with Gasteiger partial charge in [0.2, 0.25) is 5.91 Å². The van der Waals surface area contributed by atoms with Gasteiger partial charge in [-0.05, 0) is 32.6 Å². The number of carbonyl (C=O) groups excluding carboxylic acids is 1. The summed E-state index contributed by atoms with van der Waals surface area (Å²) in [4.78, 5) is 20.4. The molecular weight excluding hydrogens is 290 g/mol. The van der Waals surface area contributed by atoms with E-state index >= 15 is 0 Å². The van der Waals surface area contributed by atoms with Crippen LogP contribution >= 0.6 is 0 Å². The van der Waals surface area contributed by atoms with E-state index in [1.165, 1.54) is 12.8 Å². The Morgan fingerprint density at radius 1 is 1.35 bits per heavy atom. The zero-order chi connectivity index (χ0) is 16.8. The molecule has 1 amide bonds. The van der Waals surface area contributed by atoms with Gasteiger partial charge in [0.1, 0.15) is 6.54 Å². The summed E-state index contributed by atoms with van der Waals surface area (Å²) in [5.74, 6) is 0.810. The molecule has 2 atom stereocenters. The predicted molar refractivity (Wildman–Crippen MR) is 94.6 cm³/mol. The number of unbranched alkanes of at least 4 members (excludes halogenated alkanes) is 1. The first-order chi connectivity index (χ1) is 11.0. The summed E-state index contributed by atoms with van der Waals surface area (Å²) < 4.78 is 0. The minimum atomic E-state index is 0.0287. The molecule has 2 fully saturated rings. The Labute approximate surface area is 140 Å². The smallest absolute Gasteiger partial charge is 0.243 e. The Bertz CT molecular complexity index is 419. The van der Waals surface area contributed by atoms with Gasteiger partial charge in [-0.1, -0.05) is 13.3 Å². The third kappa shape index (κ3) is 5.68. The van der Waals surface area contributed by atoms with Gasteiger partial charge in [0, 0.05) is 45.3 Å². The van der Waals surface area contributed by atoms with Gasteiger partial charge in [0.25, 0.3) is 0 Å². The maximum absolute atomic E-state index is 11.8. The highest BCUT2D eigenvalue weighted by molar-refractivity contribution is 5.84. The molecule has 23 heavy (non-hydrogen) atoms. The normalized spacial score (nSPS) is 25.5. The molecule has 2 N–H and O–H groups in total. The van der Waals surface area contributed by atoms with Crippen LogP contribution in [0.5, 0.6) is 0 Å². The van der Waals surface area contributed by atoms with Gasteiger partial charge < -0.3 is 15.5 Å². The van der Waals surface area contributed by atoms with Crippen molar-refractivity contribution in [2.45, 2.75) is 64.1 Å². The van der Waals surface area contributed by atoms with Crippen LogP contribution in [-0.2, 0) is 4.79 Å². The molecule has 0 bridgehead atoms. The second-order valence-corrected chi connectivity index (χ2v) is 7.09. The third-order valence-electron chi connectivity index (χ3n) is 4.67. The zero-order valence-electron chi connectivity index (χ0n) is 15.1. The fourth-order valence-electron chi connectivity index (χ4n) is 3.09. The molecule has 1 aliphatic heterocycles. The van der Waals surface area contributed by atoms with Crippen molar-refractivity contribution >= 4 is 11.9 Å². The number of rotatable bonds is 7. The Hall–Kier alpha value is -1.30. The number of aliphatic imine (C=N–C) groups is 1. The van der Waals surface area contributed by atoms with Gasteiger partial charge in [0.05, 0.1) is 0 Å². The molecule has 0 spiro atoms. The van der Waals surface area contributed by atoms with E-state index in [0.717, 1.165) is 44.4 Å². The third-order valence-corrected chi connectivity index (χ3v) is 4.67. The number of nitrogens with zero attached hydrogens (tertiary/aromatic N) is 3. The molecule has 1 saturated heterocycles. The van der Waals surface area contributed by atoms with Gasteiger partial charge in [0.15, 0.2) is 5.96 Å². The van der Waals surface area contributed by atoms with E-state index in [9.17, 15) is 4.79 Å². The van der Waals surface area contributed by atoms with Crippen LogP contribution in [0.3, 0.4) is 0 Å². The van der Waals surface area contributed by atoms with Gasteiger partial charge in [-0.25, -0.2) is 4.99 Å². The molecule has 1 heterocycles. The molecule has 2 rings (SSSR count). The SMILES string of the molecule is CCCCNC(=NCC(=O)N(C)C)NC1CC(C)N(C2CC2)C1. The topological polar surface area (TPSA) is 60.0 Å². The van der Waals surface area contributed by atoms with E-state index in [1.54, 1.807) is 19.0 Å². The minimum Gasteiger partial charge on any atom is -0.356 e. The molecule has 0 aromatic rings. The molecular formula is C17H33N5O. The van der Waals surface area contributed by atoms with E-state index in [2.05, 4.69) is 34.4 Å². The molecule has 2 unspecified atom stereocenters. The molecule has 1 saturated carbocycles. The summed E-state index contributed by atoms with van der Waals surface area (Å²) in [6.07, 6.45) is 6.10. The lowest BCUT2D eigenvalue weighted by Gasteiger charge is -2.20. The summed E-state index contributed by atoms with van der Waals surface area (Å²) in [6, 6.07) is 1.87. The van der Waals surface area contributed by atoms with Gasteiger partial charge in [-0.3, -0.25) is 9.69 Å². The summed E-state index contributed by atoms with van der Waals surface area (Å²) >= 11 is 0. The molecule has 2 aliphatic rings. The lowest BCUT2D eigenvalue weighted by Crippen LogP contribution is -2.45. The highest BCUT2D eigenvalue weighted by Gasteiger charge is 2.38. The van der Waals surface area contributed by atoms with Crippen LogP contribution in [0.15, 0.2) is 4.99 Å². The van der Waals surface area contributed by atoms with Gasteiger partial charge >= 0.3 is 0 Å². The lowest BCUT2D eigenvalue weighted by molar-refractivity contribution is -0.127. The van der Waals surface area contributed by atoms with E-state index in [1.807, 2.05) is 0 Å². The summed E-state index contributed by atoms with van der Waals surface area (Å²) in [5, 5.41) is 6.90. The number of hydrogen-bond donors (Lipinski definition) is 2. The van der Waals surface area contributed by atoms with Crippen LogP contribution in [0, 0.1) is 0 Å². The van der Waals surface area contributed by atoms with Crippen LogP contribution in [0.1, 0.15) is 46.0 Å². The van der Waals surface area contributed by atoms with Crippen LogP contribution in [-0.4, -0.2) is 73.5 Å². The van der Waals surface area contributed by atoms with Crippen molar-refractivity contribution < 1.29 is 4.79 Å². The van der Waals surface area contributed by atoms with Crippen LogP contribution in [0.2, 0.25) is 0 Å². The molecule has 132 valence electrons. The fourth-order valence-corrected chi connectivity index (χ4v) is 3.09. The molecule has 0 aromatic carbocycles. The molecule has 6 heteroatoms. The maximum atomic E-state index is 11.8. The van der Waals surface area contributed by atoms with Crippen molar-refractivity contribution in [3.63, 3.8) is 0 Å². The number of nitrogens with one attached hydrogen (secondary N) is 2. The number of likely N-dealkylation sites (N-methyl/N-ethyl adjacent to an activating group) is 1. The minimum absolute atomic E-state index is 0.0287. The largest absolute Gasteiger partial charge is 0.356 e. The average Bonchev–Trinajstić information content (AvgIpc) is 3.28. The van der Waals surface area contributed by atoms with Crippen LogP contribution in [0.25, 0.3) is 0 Å². The lowest BCUT2D eigenvalue weighted by atomic mass is 10.2. The Balaban J connectivity index is 1.88. The van der Waals surface area contributed by atoms with E-state index in [-0.39, 0.29) is 12.5 Å². The second-order valence-electron chi connectivity index (χ2n) is 7.09. The number of carbonyl (C=O) groups is 1. The maximum Gasteiger partial charge on any atom is 0.243 e. The molecule has 0 radical (unpaired) electrons. The van der Waals surface area contributed by atoms with E-state index < -0.39 is 0 Å². The first-order valence-corrected chi connectivity index (χ1v) is 9.02. The number of likely N-dealkylation sites (tertiary alicyclic amines) is 1. The number of amides is 1. The monoisotopic (exact) mass is 323 g/mol. The Kier molecular flexibility index (Phi) is 6.69. The number of guanidine groups is 1. The first kappa shape index (κ1) is 18.0. The van der Waals surface area contributed by atoms with Gasteiger partial charge in [-0.2, -0.15) is 0 Å². The summed E-state index contributed by atoms with van der Waals surface area (Å²) in [7, 11) is 3.53. The summed E-state index contributed by atoms with van der Waals surface area (Å²) in [6.45, 7) is 6.67. The van der Waals surface area contributed by atoms with Crippen molar-refractivity contribution in [1.82, 2.24) is 20.4 Å². The highest BCUT2D eigenvalue weighted by atomic mass is 16.2. The van der Waals surface area contributed by atoms with Crippen molar-refractivity contribution in [3.05, 3.63) is 0 Å². The second kappa shape index (κ2) is 8.52. The van der Waals surface area contributed by atoms with Crippen molar-refractivity contribution in [2.24, 2.45) is 4.99 Å². The quantitative estimate of drug-likeness (QED) is 0.417. The number of hydrogen-bond acceptors (Lipinski definition) is 3. The molecule has 1 aliphatic carbocycles. The van der Waals surface area contributed by atoms with E-state index in [0.29, 0.717) is 12.1 Å². The standard InChI is InChI=1S/C17H33N5O/c1-5-6-9-18-17(19-11-16(23)21(3)4)20-14-10-13(2)22(12-14)15-7-8-15/h13-15H,5-12H2,1-4H3,(H2,18,19,20). The molecule has 6 nitrogen and oxygen atoms in total. The van der Waals surface area contributed by atoms with Gasteiger partial charge in [-0.15, -0.1) is 0 Å². The highest BCUT2D eigenvalue weighted by Crippen LogP contribution is 2.33. The van der Waals surface area contributed by atoms with E-state index in [4.69, 9.17) is 0 Å². The van der Waals surface area contributed by atoms with Crippen molar-refractivity contribution in [3.8, 4) is 0 Å². The van der Waals surface area contributed by atoms with Crippen LogP contribution < -0.4 is 10.6 Å². The zero-order valence-corrected chi connectivity index (χ0v) is 15.1. The van der Waals surface area contributed by atoms with Crippen molar-refractivity contribution in [2.75, 3.05) is 33.7 Å². The predicted octanol–water partition coefficient (Wildman–Crippen LogP) is 1.04. The Morgan fingerprint density at radius 3 is 2.70 bits per heavy atom.